The average molecular weight is 335 g/mol. The summed E-state index contributed by atoms with van der Waals surface area (Å²) in [6.45, 7) is 0.0962. The van der Waals surface area contributed by atoms with Crippen LogP contribution in [0.4, 0.5) is 13.2 Å². The Kier molecular flexibility index (Phi) is 2.70. The van der Waals surface area contributed by atoms with E-state index in [2.05, 4.69) is 30.5 Å². The van der Waals surface area contributed by atoms with Crippen LogP contribution in [0.15, 0.2) is 29.0 Å². The van der Waals surface area contributed by atoms with Gasteiger partial charge in [-0.1, -0.05) is 0 Å². The van der Waals surface area contributed by atoms with Crippen LogP contribution in [0.5, 0.6) is 11.5 Å². The van der Waals surface area contributed by atoms with Crippen molar-refractivity contribution in [3.63, 3.8) is 0 Å². The smallest absolute Gasteiger partial charge is 0.395 e. The summed E-state index contributed by atoms with van der Waals surface area (Å²) in [5.41, 5.74) is 0.219. The highest BCUT2D eigenvalue weighted by Gasteiger charge is 2.46. The molecule has 8 heteroatoms. The number of rotatable bonds is 2. The van der Waals surface area contributed by atoms with Crippen molar-refractivity contribution in [3.05, 3.63) is 40.4 Å². The second-order valence-corrected chi connectivity index (χ2v) is 4.65. The van der Waals surface area contributed by atoms with Crippen LogP contribution in [0.2, 0.25) is 0 Å². The molecule has 0 spiro atoms. The highest BCUT2D eigenvalue weighted by atomic mass is 79.9. The number of benzene rings is 1. The fourth-order valence-electron chi connectivity index (χ4n) is 1.78. The fraction of sp³-hybridized carbons (Fsp3) is 0.182. The summed E-state index contributed by atoms with van der Waals surface area (Å²) in [5, 5.41) is 3.92. The largest absolute Gasteiger partial charge is 0.586 e. The first-order valence-electron chi connectivity index (χ1n) is 5.20. The SMILES string of the molecule is Fc1cc(Cn2cccn2)c2c(c1Br)OC(F)(F)O2. The Morgan fingerprint density at radius 1 is 1.32 bits per heavy atom. The molecule has 1 aromatic heterocycles. The maximum absolute atomic E-state index is 13.7. The van der Waals surface area contributed by atoms with Gasteiger partial charge in [0.15, 0.2) is 11.5 Å². The van der Waals surface area contributed by atoms with Crippen LogP contribution in [0, 0.1) is 5.82 Å². The first-order chi connectivity index (χ1) is 8.96. The third kappa shape index (κ3) is 2.16. The van der Waals surface area contributed by atoms with Crippen molar-refractivity contribution < 1.29 is 22.6 Å². The summed E-state index contributed by atoms with van der Waals surface area (Å²) < 4.78 is 49.8. The summed E-state index contributed by atoms with van der Waals surface area (Å²) in [6, 6.07) is 2.77. The van der Waals surface area contributed by atoms with Gasteiger partial charge in [0.25, 0.3) is 0 Å². The van der Waals surface area contributed by atoms with Gasteiger partial charge in [0.05, 0.1) is 11.0 Å². The Balaban J connectivity index is 2.07. The predicted molar refractivity (Wildman–Crippen MR) is 61.6 cm³/mol. The van der Waals surface area contributed by atoms with Gasteiger partial charge in [-0.05, 0) is 28.1 Å². The van der Waals surface area contributed by atoms with Gasteiger partial charge in [-0.25, -0.2) is 4.39 Å². The van der Waals surface area contributed by atoms with Crippen LogP contribution in [0.25, 0.3) is 0 Å². The van der Waals surface area contributed by atoms with E-state index in [4.69, 9.17) is 0 Å². The van der Waals surface area contributed by atoms with Gasteiger partial charge in [-0.2, -0.15) is 5.10 Å². The monoisotopic (exact) mass is 334 g/mol. The molecule has 1 aliphatic rings. The van der Waals surface area contributed by atoms with Crippen LogP contribution in [0.3, 0.4) is 0 Å². The van der Waals surface area contributed by atoms with E-state index in [-0.39, 0.29) is 28.1 Å². The molecule has 0 amide bonds. The molecule has 0 aliphatic carbocycles. The molecule has 1 aliphatic heterocycles. The van der Waals surface area contributed by atoms with Gasteiger partial charge in [0, 0.05) is 18.0 Å². The van der Waals surface area contributed by atoms with Gasteiger partial charge < -0.3 is 9.47 Å². The topological polar surface area (TPSA) is 36.3 Å². The van der Waals surface area contributed by atoms with Gasteiger partial charge in [-0.3, -0.25) is 4.68 Å². The molecule has 4 nitrogen and oxygen atoms in total. The number of hydrogen-bond acceptors (Lipinski definition) is 3. The zero-order valence-electron chi connectivity index (χ0n) is 9.24. The molecule has 0 atom stereocenters. The minimum Gasteiger partial charge on any atom is -0.395 e. The van der Waals surface area contributed by atoms with E-state index < -0.39 is 12.1 Å². The first kappa shape index (κ1) is 12.3. The van der Waals surface area contributed by atoms with E-state index in [1.165, 1.54) is 10.9 Å². The number of hydrogen-bond donors (Lipinski definition) is 0. The summed E-state index contributed by atoms with van der Waals surface area (Å²) >= 11 is 2.86. The summed E-state index contributed by atoms with van der Waals surface area (Å²) in [6.07, 6.45) is -0.640. The molecule has 0 saturated heterocycles. The van der Waals surface area contributed by atoms with Crippen LogP contribution in [-0.2, 0) is 6.54 Å². The zero-order chi connectivity index (χ0) is 13.6. The van der Waals surface area contributed by atoms with Gasteiger partial charge >= 0.3 is 6.29 Å². The summed E-state index contributed by atoms with van der Waals surface area (Å²) in [7, 11) is 0. The van der Waals surface area contributed by atoms with E-state index in [0.717, 1.165) is 6.07 Å². The quantitative estimate of drug-likeness (QED) is 0.846. The normalized spacial score (nSPS) is 15.8. The van der Waals surface area contributed by atoms with Crippen molar-refractivity contribution >= 4 is 15.9 Å². The lowest BCUT2D eigenvalue weighted by molar-refractivity contribution is -0.287. The van der Waals surface area contributed by atoms with Crippen LogP contribution >= 0.6 is 15.9 Å². The third-order valence-electron chi connectivity index (χ3n) is 2.54. The number of aromatic nitrogens is 2. The van der Waals surface area contributed by atoms with Crippen LogP contribution in [0.1, 0.15) is 5.56 Å². The minimum atomic E-state index is -3.79. The Labute approximate surface area is 113 Å². The van der Waals surface area contributed by atoms with Crippen molar-refractivity contribution in [2.24, 2.45) is 0 Å². The van der Waals surface area contributed by atoms with Crippen molar-refractivity contribution in [3.8, 4) is 11.5 Å². The lowest BCUT2D eigenvalue weighted by Gasteiger charge is -2.08. The maximum atomic E-state index is 13.7. The van der Waals surface area contributed by atoms with Crippen LogP contribution < -0.4 is 9.47 Å². The lowest BCUT2D eigenvalue weighted by Crippen LogP contribution is -2.26. The Bertz CT molecular complexity index is 631. The molecular weight excluding hydrogens is 329 g/mol. The van der Waals surface area contributed by atoms with Crippen molar-refractivity contribution in [2.45, 2.75) is 12.8 Å². The van der Waals surface area contributed by atoms with Crippen molar-refractivity contribution in [2.75, 3.05) is 0 Å². The second kappa shape index (κ2) is 4.16. The van der Waals surface area contributed by atoms with E-state index in [9.17, 15) is 13.2 Å². The highest BCUT2D eigenvalue weighted by Crippen LogP contribution is 2.48. The summed E-state index contributed by atoms with van der Waals surface area (Å²) in [4.78, 5) is 0. The molecule has 0 radical (unpaired) electrons. The molecule has 0 bridgehead atoms. The number of alkyl halides is 2. The number of halogens is 4. The molecule has 0 fully saturated rings. The molecule has 0 unspecified atom stereocenters. The number of fused-ring (bicyclic) bond motifs is 1. The average Bonchev–Trinajstić information content (AvgIpc) is 2.93. The molecule has 1 aromatic carbocycles. The molecule has 19 heavy (non-hydrogen) atoms. The Morgan fingerprint density at radius 2 is 2.05 bits per heavy atom. The fourth-order valence-corrected chi connectivity index (χ4v) is 2.16. The van der Waals surface area contributed by atoms with Crippen molar-refractivity contribution in [1.82, 2.24) is 9.78 Å². The van der Waals surface area contributed by atoms with E-state index in [1.54, 1.807) is 12.3 Å². The first-order valence-corrected chi connectivity index (χ1v) is 6.00. The Morgan fingerprint density at radius 3 is 2.74 bits per heavy atom. The minimum absolute atomic E-state index is 0.0962. The predicted octanol–water partition coefficient (Wildman–Crippen LogP) is 3.15. The summed E-state index contributed by atoms with van der Waals surface area (Å²) in [5.74, 6) is -1.23. The second-order valence-electron chi connectivity index (χ2n) is 3.86. The van der Waals surface area contributed by atoms with Crippen molar-refractivity contribution in [1.29, 1.82) is 0 Å². The molecule has 2 heterocycles. The van der Waals surface area contributed by atoms with E-state index in [0.29, 0.717) is 0 Å². The molecular formula is C11H6BrF3N2O2. The Hall–Kier alpha value is -1.70. The number of ether oxygens (including phenoxy) is 2. The molecule has 100 valence electrons. The van der Waals surface area contributed by atoms with Gasteiger partial charge in [-0.15, -0.1) is 8.78 Å². The molecule has 0 saturated carbocycles. The lowest BCUT2D eigenvalue weighted by atomic mass is 10.2. The standard InChI is InChI=1S/C11H6BrF3N2O2/c12-8-7(13)4-6(5-17-3-1-2-16-17)9-10(8)19-11(14,15)18-9/h1-4H,5H2. The van der Waals surface area contributed by atoms with Crippen LogP contribution in [-0.4, -0.2) is 16.1 Å². The maximum Gasteiger partial charge on any atom is 0.586 e. The third-order valence-corrected chi connectivity index (χ3v) is 3.28. The molecule has 3 rings (SSSR count). The van der Waals surface area contributed by atoms with E-state index >= 15 is 0 Å². The molecule has 2 aromatic rings. The van der Waals surface area contributed by atoms with E-state index in [1.807, 2.05) is 0 Å². The zero-order valence-corrected chi connectivity index (χ0v) is 10.8. The number of nitrogens with zero attached hydrogens (tertiary/aromatic N) is 2. The molecule has 0 N–H and O–H groups in total. The highest BCUT2D eigenvalue weighted by molar-refractivity contribution is 9.10. The van der Waals surface area contributed by atoms with Gasteiger partial charge in [0.2, 0.25) is 0 Å². The van der Waals surface area contributed by atoms with Gasteiger partial charge in [0.1, 0.15) is 5.82 Å².